The molecule has 3 aromatic rings. The lowest BCUT2D eigenvalue weighted by atomic mass is 10.1. The third-order valence-electron chi connectivity index (χ3n) is 6.03. The molecule has 0 amide bonds. The monoisotopic (exact) mass is 456 g/mol. The maximum absolute atomic E-state index is 12.9. The fraction of sp³-hybridized carbons (Fsp3) is 0.308. The molecule has 6 heteroatoms. The zero-order valence-electron chi connectivity index (χ0n) is 18.4. The molecule has 0 aliphatic carbocycles. The Balaban J connectivity index is 1.58. The molecule has 32 heavy (non-hydrogen) atoms. The normalized spacial score (nSPS) is 19.1. The van der Waals surface area contributed by atoms with Crippen molar-refractivity contribution in [2.45, 2.75) is 44.2 Å². The summed E-state index contributed by atoms with van der Waals surface area (Å²) >= 11 is 0. The van der Waals surface area contributed by atoms with Crippen LogP contribution >= 0.6 is 0 Å². The van der Waals surface area contributed by atoms with E-state index in [4.69, 9.17) is 9.16 Å². The average Bonchev–Trinajstić information content (AvgIpc) is 3.54. The Labute approximate surface area is 188 Å². The minimum absolute atomic E-state index is 0.144. The molecule has 3 aromatic carbocycles. The van der Waals surface area contributed by atoms with Crippen molar-refractivity contribution in [3.05, 3.63) is 96.1 Å². The van der Waals surface area contributed by atoms with Gasteiger partial charge in [0.1, 0.15) is 12.2 Å². The molecule has 1 heterocycles. The Kier molecular flexibility index (Phi) is 6.05. The van der Waals surface area contributed by atoms with Crippen LogP contribution in [0.15, 0.2) is 84.9 Å². The molecular formula is C26H27F3O2Si. The van der Waals surface area contributed by atoms with Crippen molar-refractivity contribution < 1.29 is 22.3 Å². The van der Waals surface area contributed by atoms with Gasteiger partial charge in [0.05, 0.1) is 12.2 Å². The Morgan fingerprint density at radius 2 is 1.28 bits per heavy atom. The molecule has 0 bridgehead atoms. The number of halogens is 3. The van der Waals surface area contributed by atoms with E-state index in [-0.39, 0.29) is 17.2 Å². The summed E-state index contributed by atoms with van der Waals surface area (Å²) in [6.45, 7) is 7.01. The van der Waals surface area contributed by atoms with E-state index in [1.165, 1.54) is 22.5 Å². The number of benzene rings is 3. The predicted molar refractivity (Wildman–Crippen MR) is 123 cm³/mol. The van der Waals surface area contributed by atoms with Gasteiger partial charge < -0.3 is 9.16 Å². The SMILES string of the molecule is CC(C)(C)[Si](OC[C@@H]1O[C@@H]1c1ccc(C(F)(F)F)cc1)(c1ccccc1)c1ccccc1. The predicted octanol–water partition coefficient (Wildman–Crippen LogP) is 5.72. The Bertz CT molecular complexity index is 989. The van der Waals surface area contributed by atoms with E-state index in [2.05, 4.69) is 45.0 Å². The highest BCUT2D eigenvalue weighted by Crippen LogP contribution is 2.42. The molecule has 1 saturated heterocycles. The second kappa shape index (κ2) is 8.50. The number of rotatable bonds is 6. The average molecular weight is 457 g/mol. The molecule has 1 fully saturated rings. The summed E-state index contributed by atoms with van der Waals surface area (Å²) < 4.78 is 51.2. The van der Waals surface area contributed by atoms with Crippen LogP contribution in [0, 0.1) is 0 Å². The lowest BCUT2D eigenvalue weighted by Crippen LogP contribution is -2.66. The molecule has 2 nitrogen and oxygen atoms in total. The van der Waals surface area contributed by atoms with Crippen molar-refractivity contribution in [3.63, 3.8) is 0 Å². The zero-order chi connectivity index (χ0) is 23.0. The number of epoxide rings is 1. The Morgan fingerprint density at radius 1 is 0.781 bits per heavy atom. The van der Waals surface area contributed by atoms with Crippen LogP contribution in [-0.2, 0) is 15.3 Å². The topological polar surface area (TPSA) is 21.8 Å². The first-order chi connectivity index (χ1) is 15.1. The molecule has 0 unspecified atom stereocenters. The Morgan fingerprint density at radius 3 is 1.72 bits per heavy atom. The van der Waals surface area contributed by atoms with Crippen molar-refractivity contribution >= 4 is 18.7 Å². The fourth-order valence-corrected chi connectivity index (χ4v) is 8.96. The minimum Gasteiger partial charge on any atom is -0.405 e. The molecule has 0 aromatic heterocycles. The van der Waals surface area contributed by atoms with Gasteiger partial charge in [-0.2, -0.15) is 13.2 Å². The lowest BCUT2D eigenvalue weighted by molar-refractivity contribution is -0.137. The van der Waals surface area contributed by atoms with Crippen LogP contribution in [0.5, 0.6) is 0 Å². The highest BCUT2D eigenvalue weighted by molar-refractivity contribution is 6.99. The van der Waals surface area contributed by atoms with Crippen LogP contribution in [0.2, 0.25) is 5.04 Å². The molecule has 0 N–H and O–H groups in total. The number of ether oxygens (including phenoxy) is 1. The van der Waals surface area contributed by atoms with E-state index >= 15 is 0 Å². The van der Waals surface area contributed by atoms with Gasteiger partial charge in [-0.15, -0.1) is 0 Å². The lowest BCUT2D eigenvalue weighted by Gasteiger charge is -2.43. The summed E-state index contributed by atoms with van der Waals surface area (Å²) in [4.78, 5) is 0. The van der Waals surface area contributed by atoms with Crippen LogP contribution in [0.3, 0.4) is 0 Å². The number of alkyl halides is 3. The summed E-state index contributed by atoms with van der Waals surface area (Å²) in [6.07, 6.45) is -4.75. The molecule has 2 atom stereocenters. The van der Waals surface area contributed by atoms with Crippen molar-refractivity contribution in [3.8, 4) is 0 Å². The van der Waals surface area contributed by atoms with Crippen LogP contribution in [0.4, 0.5) is 13.2 Å². The first-order valence-corrected chi connectivity index (χ1v) is 12.6. The van der Waals surface area contributed by atoms with E-state index in [0.29, 0.717) is 6.61 Å². The van der Waals surface area contributed by atoms with E-state index < -0.39 is 20.1 Å². The van der Waals surface area contributed by atoms with Gasteiger partial charge in [-0.1, -0.05) is 93.6 Å². The summed E-state index contributed by atoms with van der Waals surface area (Å²) in [5, 5.41) is 2.23. The van der Waals surface area contributed by atoms with Crippen molar-refractivity contribution in [2.75, 3.05) is 6.61 Å². The highest BCUT2D eigenvalue weighted by atomic mass is 28.4. The van der Waals surface area contributed by atoms with Crippen molar-refractivity contribution in [2.24, 2.45) is 0 Å². The standard InChI is InChI=1S/C26H27F3O2Si/c1-25(2,3)32(21-10-6-4-7-11-21,22-12-8-5-9-13-22)30-18-23-24(31-23)19-14-16-20(17-15-19)26(27,28)29/h4-17,23-24H,18H2,1-3H3/t23-,24+/m0/s1. The van der Waals surface area contributed by atoms with Crippen LogP contribution in [-0.4, -0.2) is 21.0 Å². The van der Waals surface area contributed by atoms with Crippen LogP contribution in [0.1, 0.15) is 38.0 Å². The van der Waals surface area contributed by atoms with Gasteiger partial charge in [0.2, 0.25) is 0 Å². The van der Waals surface area contributed by atoms with Crippen molar-refractivity contribution in [1.82, 2.24) is 0 Å². The minimum atomic E-state index is -4.34. The van der Waals surface area contributed by atoms with Gasteiger partial charge in [-0.3, -0.25) is 0 Å². The fourth-order valence-electron chi connectivity index (χ4n) is 4.39. The zero-order valence-corrected chi connectivity index (χ0v) is 19.4. The van der Waals surface area contributed by atoms with E-state index in [1.54, 1.807) is 0 Å². The maximum Gasteiger partial charge on any atom is 0.416 e. The second-order valence-electron chi connectivity index (χ2n) is 9.19. The number of hydrogen-bond donors (Lipinski definition) is 0. The molecule has 0 radical (unpaired) electrons. The molecular weight excluding hydrogens is 429 g/mol. The van der Waals surface area contributed by atoms with Crippen molar-refractivity contribution in [1.29, 1.82) is 0 Å². The molecule has 1 aliphatic heterocycles. The van der Waals surface area contributed by atoms with Crippen LogP contribution in [0.25, 0.3) is 0 Å². The first-order valence-electron chi connectivity index (χ1n) is 10.7. The first kappa shape index (κ1) is 22.8. The smallest absolute Gasteiger partial charge is 0.405 e. The molecule has 168 valence electrons. The quantitative estimate of drug-likeness (QED) is 0.349. The second-order valence-corrected chi connectivity index (χ2v) is 13.5. The van der Waals surface area contributed by atoms with Gasteiger partial charge in [0.25, 0.3) is 8.32 Å². The summed E-state index contributed by atoms with van der Waals surface area (Å²) in [5.74, 6) is 0. The largest absolute Gasteiger partial charge is 0.416 e. The van der Waals surface area contributed by atoms with Crippen LogP contribution < -0.4 is 10.4 Å². The van der Waals surface area contributed by atoms with E-state index in [9.17, 15) is 13.2 Å². The molecule has 0 spiro atoms. The summed E-state index contributed by atoms with van der Waals surface area (Å²) in [5.41, 5.74) is 0.0936. The highest BCUT2D eigenvalue weighted by Gasteiger charge is 2.52. The summed E-state index contributed by atoms with van der Waals surface area (Å²) in [7, 11) is -2.67. The third kappa shape index (κ3) is 4.40. The van der Waals surface area contributed by atoms with Gasteiger partial charge >= 0.3 is 6.18 Å². The Hall–Kier alpha value is -2.41. The van der Waals surface area contributed by atoms with Gasteiger partial charge in [0, 0.05) is 0 Å². The van der Waals surface area contributed by atoms with Gasteiger partial charge in [-0.05, 0) is 33.1 Å². The molecule has 1 aliphatic rings. The van der Waals surface area contributed by atoms with E-state index in [0.717, 1.165) is 17.7 Å². The van der Waals surface area contributed by atoms with Gasteiger partial charge in [-0.25, -0.2) is 0 Å². The number of hydrogen-bond acceptors (Lipinski definition) is 2. The maximum atomic E-state index is 12.9. The molecule has 4 rings (SSSR count). The third-order valence-corrected chi connectivity index (χ3v) is 11.0. The van der Waals surface area contributed by atoms with Gasteiger partial charge in [0.15, 0.2) is 0 Å². The molecule has 0 saturated carbocycles. The van der Waals surface area contributed by atoms with E-state index in [1.807, 2.05) is 36.4 Å². The summed E-state index contributed by atoms with van der Waals surface area (Å²) in [6, 6.07) is 25.9.